The Labute approximate surface area is 150 Å². The number of nitrogens with two attached hydrogens (primary N) is 1. The Morgan fingerprint density at radius 3 is 2.44 bits per heavy atom. The molecule has 0 unspecified atom stereocenters. The molecule has 5 nitrogen and oxygen atoms in total. The molecule has 0 atom stereocenters. The van der Waals surface area contributed by atoms with Crippen LogP contribution in [-0.4, -0.2) is 23.9 Å². The van der Waals surface area contributed by atoms with Gasteiger partial charge in [0.25, 0.3) is 5.91 Å². The number of carbonyl (C=O) groups is 2. The van der Waals surface area contributed by atoms with Crippen molar-refractivity contribution in [2.45, 2.75) is 64.3 Å². The van der Waals surface area contributed by atoms with Gasteiger partial charge in [0.1, 0.15) is 0 Å². The quantitative estimate of drug-likeness (QED) is 0.707. The van der Waals surface area contributed by atoms with Gasteiger partial charge < -0.3 is 16.4 Å². The van der Waals surface area contributed by atoms with E-state index >= 15 is 0 Å². The van der Waals surface area contributed by atoms with Crippen LogP contribution in [0.15, 0.2) is 24.3 Å². The first-order valence-corrected chi connectivity index (χ1v) is 9.47. The van der Waals surface area contributed by atoms with Gasteiger partial charge in [0.2, 0.25) is 5.91 Å². The molecule has 0 spiro atoms. The maximum Gasteiger partial charge on any atom is 0.251 e. The molecule has 0 heterocycles. The van der Waals surface area contributed by atoms with Crippen LogP contribution in [0.3, 0.4) is 0 Å². The number of hydrogen-bond acceptors (Lipinski definition) is 3. The lowest BCUT2D eigenvalue weighted by Gasteiger charge is -2.31. The second-order valence-electron chi connectivity index (χ2n) is 7.05. The highest BCUT2D eigenvalue weighted by molar-refractivity contribution is 5.98. The molecule has 1 aromatic carbocycles. The van der Waals surface area contributed by atoms with Crippen molar-refractivity contribution >= 4 is 17.5 Å². The number of anilines is 1. The molecule has 0 aromatic heterocycles. The van der Waals surface area contributed by atoms with Gasteiger partial charge in [-0.15, -0.1) is 0 Å². The van der Waals surface area contributed by atoms with Gasteiger partial charge in [0.15, 0.2) is 0 Å². The molecule has 1 aliphatic rings. The summed E-state index contributed by atoms with van der Waals surface area (Å²) in [4.78, 5) is 25.0. The summed E-state index contributed by atoms with van der Waals surface area (Å²) in [6.07, 6.45) is 6.94. The van der Waals surface area contributed by atoms with Crippen LogP contribution < -0.4 is 16.4 Å². The van der Waals surface area contributed by atoms with Crippen molar-refractivity contribution in [2.75, 3.05) is 11.9 Å². The smallest absolute Gasteiger partial charge is 0.251 e. The van der Waals surface area contributed by atoms with E-state index in [1.165, 1.54) is 6.42 Å². The summed E-state index contributed by atoms with van der Waals surface area (Å²) in [5.41, 5.74) is 6.70. The monoisotopic (exact) mass is 345 g/mol. The predicted molar refractivity (Wildman–Crippen MR) is 101 cm³/mol. The third-order valence-corrected chi connectivity index (χ3v) is 5.49. The molecule has 1 saturated carbocycles. The lowest BCUT2D eigenvalue weighted by molar-refractivity contribution is -0.120. The highest BCUT2D eigenvalue weighted by Crippen LogP contribution is 2.25. The molecule has 0 aliphatic heterocycles. The lowest BCUT2D eigenvalue weighted by Crippen LogP contribution is -2.52. The van der Waals surface area contributed by atoms with Gasteiger partial charge in [0, 0.05) is 23.7 Å². The Hall–Kier alpha value is -1.88. The van der Waals surface area contributed by atoms with E-state index in [9.17, 15) is 9.59 Å². The third kappa shape index (κ3) is 5.05. The van der Waals surface area contributed by atoms with Crippen LogP contribution in [0.1, 0.15) is 69.2 Å². The minimum Gasteiger partial charge on any atom is -0.345 e. The maximum atomic E-state index is 12.6. The summed E-state index contributed by atoms with van der Waals surface area (Å²) in [5, 5.41) is 6.03. The molecule has 0 radical (unpaired) electrons. The molecule has 4 N–H and O–H groups in total. The number of rotatable bonds is 7. The topological polar surface area (TPSA) is 84.2 Å². The molecular formula is C20H31N3O2. The normalized spacial score (nSPS) is 15.6. The zero-order valence-corrected chi connectivity index (χ0v) is 15.4. The highest BCUT2D eigenvalue weighted by Gasteiger charge is 2.27. The Bertz CT molecular complexity index is 582. The van der Waals surface area contributed by atoms with Crippen LogP contribution in [0.2, 0.25) is 0 Å². The van der Waals surface area contributed by atoms with Crippen LogP contribution in [-0.2, 0) is 4.79 Å². The van der Waals surface area contributed by atoms with E-state index < -0.39 is 0 Å². The van der Waals surface area contributed by atoms with E-state index in [0.717, 1.165) is 38.5 Å². The van der Waals surface area contributed by atoms with Crippen LogP contribution in [0, 0.1) is 5.92 Å². The highest BCUT2D eigenvalue weighted by atomic mass is 16.2. The van der Waals surface area contributed by atoms with Crippen molar-refractivity contribution in [3.63, 3.8) is 0 Å². The van der Waals surface area contributed by atoms with Crippen molar-refractivity contribution in [1.82, 2.24) is 5.32 Å². The molecule has 5 heteroatoms. The Morgan fingerprint density at radius 2 is 1.84 bits per heavy atom. The molecule has 1 aliphatic carbocycles. The Kier molecular flexibility index (Phi) is 7.00. The molecule has 0 saturated heterocycles. The van der Waals surface area contributed by atoms with Crippen molar-refractivity contribution in [2.24, 2.45) is 11.7 Å². The zero-order chi connectivity index (χ0) is 18.3. The van der Waals surface area contributed by atoms with Gasteiger partial charge >= 0.3 is 0 Å². The molecule has 2 rings (SSSR count). The third-order valence-electron chi connectivity index (χ3n) is 5.49. The fourth-order valence-electron chi connectivity index (χ4n) is 3.43. The molecule has 2 amide bonds. The Morgan fingerprint density at radius 1 is 1.16 bits per heavy atom. The fraction of sp³-hybridized carbons (Fsp3) is 0.600. The summed E-state index contributed by atoms with van der Waals surface area (Å²) >= 11 is 0. The first-order valence-electron chi connectivity index (χ1n) is 9.47. The molecular weight excluding hydrogens is 314 g/mol. The minimum atomic E-state index is -0.377. The first-order chi connectivity index (χ1) is 12.0. The average Bonchev–Trinajstić information content (AvgIpc) is 2.67. The van der Waals surface area contributed by atoms with E-state index in [2.05, 4.69) is 10.6 Å². The SMILES string of the molecule is CCC(CC)(CN)NC(=O)c1cccc(NC(=O)C2CCCCC2)c1. The summed E-state index contributed by atoms with van der Waals surface area (Å²) in [6, 6.07) is 7.13. The summed E-state index contributed by atoms with van der Waals surface area (Å²) in [7, 11) is 0. The van der Waals surface area contributed by atoms with E-state index in [0.29, 0.717) is 17.8 Å². The largest absolute Gasteiger partial charge is 0.345 e. The van der Waals surface area contributed by atoms with Gasteiger partial charge in [-0.2, -0.15) is 0 Å². The Balaban J connectivity index is 2.04. The summed E-state index contributed by atoms with van der Waals surface area (Å²) < 4.78 is 0. The zero-order valence-electron chi connectivity index (χ0n) is 15.4. The molecule has 1 aromatic rings. The number of carbonyl (C=O) groups excluding carboxylic acids is 2. The molecule has 0 bridgehead atoms. The molecule has 138 valence electrons. The fourth-order valence-corrected chi connectivity index (χ4v) is 3.43. The number of amides is 2. The van der Waals surface area contributed by atoms with E-state index in [-0.39, 0.29) is 23.3 Å². The van der Waals surface area contributed by atoms with Crippen LogP contribution >= 0.6 is 0 Å². The van der Waals surface area contributed by atoms with Crippen molar-refractivity contribution in [3.05, 3.63) is 29.8 Å². The number of nitrogens with one attached hydrogen (secondary N) is 2. The van der Waals surface area contributed by atoms with E-state index in [4.69, 9.17) is 5.73 Å². The first kappa shape index (κ1) is 19.4. The number of benzene rings is 1. The van der Waals surface area contributed by atoms with Gasteiger partial charge in [-0.05, 0) is 43.9 Å². The van der Waals surface area contributed by atoms with Crippen molar-refractivity contribution in [3.8, 4) is 0 Å². The van der Waals surface area contributed by atoms with Crippen LogP contribution in [0.5, 0.6) is 0 Å². The van der Waals surface area contributed by atoms with Gasteiger partial charge in [-0.25, -0.2) is 0 Å². The molecule has 1 fully saturated rings. The lowest BCUT2D eigenvalue weighted by atomic mass is 9.88. The second-order valence-corrected chi connectivity index (χ2v) is 7.05. The standard InChI is InChI=1S/C20H31N3O2/c1-3-20(4-2,14-21)23-19(25)16-11-8-12-17(13-16)22-18(24)15-9-6-5-7-10-15/h8,11-13,15H,3-7,9-10,14,21H2,1-2H3,(H,22,24)(H,23,25). The maximum absolute atomic E-state index is 12.6. The van der Waals surface area contributed by atoms with Gasteiger partial charge in [0.05, 0.1) is 5.54 Å². The van der Waals surface area contributed by atoms with Crippen LogP contribution in [0.4, 0.5) is 5.69 Å². The van der Waals surface area contributed by atoms with E-state index in [1.807, 2.05) is 19.9 Å². The van der Waals surface area contributed by atoms with Crippen LogP contribution in [0.25, 0.3) is 0 Å². The van der Waals surface area contributed by atoms with Crippen molar-refractivity contribution in [1.29, 1.82) is 0 Å². The second kappa shape index (κ2) is 8.99. The van der Waals surface area contributed by atoms with Gasteiger partial charge in [-0.1, -0.05) is 39.2 Å². The van der Waals surface area contributed by atoms with Crippen molar-refractivity contribution < 1.29 is 9.59 Å². The van der Waals surface area contributed by atoms with E-state index in [1.54, 1.807) is 18.2 Å². The summed E-state index contributed by atoms with van der Waals surface area (Å²) in [6.45, 7) is 4.46. The predicted octanol–water partition coefficient (Wildman–Crippen LogP) is 3.45. The van der Waals surface area contributed by atoms with Gasteiger partial charge in [-0.3, -0.25) is 9.59 Å². The summed E-state index contributed by atoms with van der Waals surface area (Å²) in [5.74, 6) is 0.00917. The number of hydrogen-bond donors (Lipinski definition) is 3. The minimum absolute atomic E-state index is 0.0654. The molecule has 25 heavy (non-hydrogen) atoms. The average molecular weight is 345 g/mol.